The zero-order valence-electron chi connectivity index (χ0n) is 13.7. The van der Waals surface area contributed by atoms with Gasteiger partial charge in [0, 0.05) is 43.3 Å². The van der Waals surface area contributed by atoms with Crippen LogP contribution in [-0.2, 0) is 0 Å². The number of likely N-dealkylation sites (N-methyl/N-ethyl adjacent to an activating group) is 1. The fourth-order valence-corrected chi connectivity index (χ4v) is 3.87. The molecule has 0 aliphatic carbocycles. The Hall–Kier alpha value is -1.40. The molecule has 1 aromatic carbocycles. The van der Waals surface area contributed by atoms with Crippen molar-refractivity contribution in [2.45, 2.75) is 6.04 Å². The van der Waals surface area contributed by atoms with Crippen LogP contribution in [0, 0.1) is 0 Å². The first kappa shape index (κ1) is 17.4. The van der Waals surface area contributed by atoms with Gasteiger partial charge in [0.05, 0.1) is 6.04 Å². The SMILES string of the molecule is CN1CCN(C(CNC(=O)c2cccc(Cl)c2)c2ccsc2)CC1. The number of carbonyl (C=O) groups excluding carboxylic acids is 1. The molecule has 6 heteroatoms. The minimum absolute atomic E-state index is 0.0770. The second-order valence-corrected chi connectivity index (χ2v) is 7.35. The summed E-state index contributed by atoms with van der Waals surface area (Å²) in [7, 11) is 2.15. The summed E-state index contributed by atoms with van der Waals surface area (Å²) in [5, 5.41) is 7.92. The maximum absolute atomic E-state index is 12.4. The Kier molecular flexibility index (Phi) is 5.89. The van der Waals surface area contributed by atoms with Gasteiger partial charge in [-0.3, -0.25) is 9.69 Å². The molecule has 1 saturated heterocycles. The van der Waals surface area contributed by atoms with E-state index in [4.69, 9.17) is 11.6 Å². The van der Waals surface area contributed by atoms with Gasteiger partial charge < -0.3 is 10.2 Å². The van der Waals surface area contributed by atoms with E-state index in [9.17, 15) is 4.79 Å². The van der Waals surface area contributed by atoms with Gasteiger partial charge >= 0.3 is 0 Å². The molecule has 24 heavy (non-hydrogen) atoms. The number of amides is 1. The van der Waals surface area contributed by atoms with Crippen molar-refractivity contribution in [2.24, 2.45) is 0 Å². The third kappa shape index (κ3) is 4.36. The number of halogens is 1. The average molecular weight is 364 g/mol. The summed E-state index contributed by atoms with van der Waals surface area (Å²) in [5.41, 5.74) is 1.88. The number of hydrogen-bond donors (Lipinski definition) is 1. The normalized spacial score (nSPS) is 17.6. The summed E-state index contributed by atoms with van der Waals surface area (Å²) in [6.45, 7) is 4.76. The van der Waals surface area contributed by atoms with E-state index in [0.717, 1.165) is 26.2 Å². The van der Waals surface area contributed by atoms with Gasteiger partial charge in [0.25, 0.3) is 5.91 Å². The molecular weight excluding hydrogens is 342 g/mol. The first-order valence-electron chi connectivity index (χ1n) is 8.12. The number of hydrogen-bond acceptors (Lipinski definition) is 4. The number of rotatable bonds is 5. The fourth-order valence-electron chi connectivity index (χ4n) is 2.98. The summed E-state index contributed by atoms with van der Waals surface area (Å²) in [5.74, 6) is -0.0770. The highest BCUT2D eigenvalue weighted by Gasteiger charge is 2.24. The van der Waals surface area contributed by atoms with E-state index in [0.29, 0.717) is 17.1 Å². The molecule has 4 nitrogen and oxygen atoms in total. The van der Waals surface area contributed by atoms with Gasteiger partial charge in [-0.25, -0.2) is 0 Å². The van der Waals surface area contributed by atoms with Crippen molar-refractivity contribution in [2.75, 3.05) is 39.8 Å². The molecule has 1 amide bonds. The molecule has 1 N–H and O–H groups in total. The lowest BCUT2D eigenvalue weighted by Gasteiger charge is -2.38. The Balaban J connectivity index is 1.67. The average Bonchev–Trinajstić information content (AvgIpc) is 3.11. The van der Waals surface area contributed by atoms with Gasteiger partial charge in [-0.2, -0.15) is 11.3 Å². The standard InChI is InChI=1S/C18H22ClN3OS/c1-21-6-8-22(9-7-21)17(15-5-10-24-13-15)12-20-18(23)14-3-2-4-16(19)11-14/h2-5,10-11,13,17H,6-9,12H2,1H3,(H,20,23). The molecule has 1 unspecified atom stereocenters. The first-order chi connectivity index (χ1) is 11.6. The number of thiophene rings is 1. The topological polar surface area (TPSA) is 35.6 Å². The Labute approximate surface area is 152 Å². The van der Waals surface area contributed by atoms with Crippen molar-refractivity contribution in [3.05, 3.63) is 57.2 Å². The van der Waals surface area contributed by atoms with E-state index >= 15 is 0 Å². The van der Waals surface area contributed by atoms with Gasteiger partial charge in [0.2, 0.25) is 0 Å². The quantitative estimate of drug-likeness (QED) is 0.886. The molecule has 1 fully saturated rings. The zero-order valence-corrected chi connectivity index (χ0v) is 15.3. The van der Waals surface area contributed by atoms with Crippen LogP contribution in [0.2, 0.25) is 5.02 Å². The molecule has 1 atom stereocenters. The van der Waals surface area contributed by atoms with Gasteiger partial charge in [-0.05, 0) is 47.6 Å². The third-order valence-electron chi connectivity index (χ3n) is 4.45. The van der Waals surface area contributed by atoms with Crippen molar-refractivity contribution in [1.82, 2.24) is 15.1 Å². The zero-order chi connectivity index (χ0) is 16.9. The molecule has 2 heterocycles. The Morgan fingerprint density at radius 1 is 1.29 bits per heavy atom. The van der Waals surface area contributed by atoms with E-state index < -0.39 is 0 Å². The molecule has 0 saturated carbocycles. The highest BCUT2D eigenvalue weighted by molar-refractivity contribution is 7.07. The van der Waals surface area contributed by atoms with Gasteiger partial charge in [-0.15, -0.1) is 0 Å². The predicted molar refractivity (Wildman–Crippen MR) is 99.9 cm³/mol. The molecule has 2 aromatic rings. The number of nitrogens with one attached hydrogen (secondary N) is 1. The monoisotopic (exact) mass is 363 g/mol. The fraction of sp³-hybridized carbons (Fsp3) is 0.389. The van der Waals surface area contributed by atoms with Gasteiger partial charge in [0.15, 0.2) is 0 Å². The summed E-state index contributed by atoms with van der Waals surface area (Å²) in [4.78, 5) is 17.2. The van der Waals surface area contributed by atoms with Crippen LogP contribution >= 0.6 is 22.9 Å². The summed E-state index contributed by atoms with van der Waals surface area (Å²) in [6, 6.07) is 9.43. The predicted octanol–water partition coefficient (Wildman–Crippen LogP) is 3.12. The third-order valence-corrected chi connectivity index (χ3v) is 5.39. The van der Waals surface area contributed by atoms with Gasteiger partial charge in [-0.1, -0.05) is 17.7 Å². The van der Waals surface area contributed by atoms with E-state index in [2.05, 4.69) is 39.0 Å². The highest BCUT2D eigenvalue weighted by Crippen LogP contribution is 2.24. The number of nitrogens with zero attached hydrogens (tertiary/aromatic N) is 2. The van der Waals surface area contributed by atoms with Crippen LogP contribution in [-0.4, -0.2) is 55.5 Å². The largest absolute Gasteiger partial charge is 0.350 e. The molecule has 1 aromatic heterocycles. The van der Waals surface area contributed by atoms with Crippen molar-refractivity contribution in [3.63, 3.8) is 0 Å². The molecule has 0 spiro atoms. The Morgan fingerprint density at radius 2 is 2.08 bits per heavy atom. The van der Waals surface area contributed by atoms with Crippen LogP contribution in [0.4, 0.5) is 0 Å². The molecule has 0 bridgehead atoms. The smallest absolute Gasteiger partial charge is 0.251 e. The maximum Gasteiger partial charge on any atom is 0.251 e. The van der Waals surface area contributed by atoms with Crippen LogP contribution in [0.5, 0.6) is 0 Å². The molecule has 1 aliphatic rings. The first-order valence-corrected chi connectivity index (χ1v) is 9.44. The van der Waals surface area contributed by atoms with Crippen LogP contribution in [0.3, 0.4) is 0 Å². The molecule has 1 aliphatic heterocycles. The molecular formula is C18H22ClN3OS. The van der Waals surface area contributed by atoms with E-state index in [1.54, 1.807) is 35.6 Å². The lowest BCUT2D eigenvalue weighted by atomic mass is 10.1. The minimum atomic E-state index is -0.0770. The van der Waals surface area contributed by atoms with Crippen LogP contribution in [0.15, 0.2) is 41.1 Å². The lowest BCUT2D eigenvalue weighted by molar-refractivity contribution is 0.0887. The second kappa shape index (κ2) is 8.12. The lowest BCUT2D eigenvalue weighted by Crippen LogP contribution is -2.48. The van der Waals surface area contributed by atoms with E-state index in [1.807, 2.05) is 0 Å². The van der Waals surface area contributed by atoms with Crippen molar-refractivity contribution in [3.8, 4) is 0 Å². The minimum Gasteiger partial charge on any atom is -0.350 e. The Morgan fingerprint density at radius 3 is 2.75 bits per heavy atom. The summed E-state index contributed by atoms with van der Waals surface area (Å²) < 4.78 is 0. The van der Waals surface area contributed by atoms with Crippen LogP contribution in [0.25, 0.3) is 0 Å². The van der Waals surface area contributed by atoms with Crippen LogP contribution in [0.1, 0.15) is 22.0 Å². The molecule has 3 rings (SSSR count). The summed E-state index contributed by atoms with van der Waals surface area (Å²) in [6.07, 6.45) is 0. The molecule has 0 radical (unpaired) electrons. The Bertz CT molecular complexity index is 669. The van der Waals surface area contributed by atoms with Gasteiger partial charge in [0.1, 0.15) is 0 Å². The van der Waals surface area contributed by atoms with E-state index in [1.165, 1.54) is 5.56 Å². The number of carbonyl (C=O) groups is 1. The van der Waals surface area contributed by atoms with E-state index in [-0.39, 0.29) is 11.9 Å². The van der Waals surface area contributed by atoms with Crippen molar-refractivity contribution in [1.29, 1.82) is 0 Å². The highest BCUT2D eigenvalue weighted by atomic mass is 35.5. The summed E-state index contributed by atoms with van der Waals surface area (Å²) >= 11 is 7.67. The molecule has 128 valence electrons. The van der Waals surface area contributed by atoms with Crippen molar-refractivity contribution >= 4 is 28.8 Å². The van der Waals surface area contributed by atoms with Crippen LogP contribution < -0.4 is 5.32 Å². The number of piperazine rings is 1. The van der Waals surface area contributed by atoms with Crippen molar-refractivity contribution < 1.29 is 4.79 Å². The second-order valence-electron chi connectivity index (χ2n) is 6.13. The maximum atomic E-state index is 12.4. The number of benzene rings is 1.